The van der Waals surface area contributed by atoms with Gasteiger partial charge in [-0.1, -0.05) is 24.3 Å². The summed E-state index contributed by atoms with van der Waals surface area (Å²) in [7, 11) is -2.03. The quantitative estimate of drug-likeness (QED) is 0.882. The molecule has 0 radical (unpaired) electrons. The van der Waals surface area contributed by atoms with Crippen molar-refractivity contribution in [2.75, 3.05) is 7.11 Å². The molecule has 1 aliphatic rings. The molecule has 1 N–H and O–H groups in total. The number of hydrogen-bond acceptors (Lipinski definition) is 3. The number of ether oxygens (including phenoxy) is 1. The van der Waals surface area contributed by atoms with Gasteiger partial charge in [-0.2, -0.15) is 0 Å². The largest absolute Gasteiger partial charge is 0.496 e. The third-order valence-electron chi connectivity index (χ3n) is 3.86. The monoisotopic (exact) mass is 381 g/mol. The highest BCUT2D eigenvalue weighted by atomic mass is 79.9. The number of fused-ring (bicyclic) bond motifs is 1. The summed E-state index contributed by atoms with van der Waals surface area (Å²) in [5.41, 5.74) is 2.28. The fourth-order valence-corrected chi connectivity index (χ4v) is 4.72. The maximum absolute atomic E-state index is 12.6. The number of halogens is 1. The second-order valence-electron chi connectivity index (χ2n) is 5.21. The van der Waals surface area contributed by atoms with Crippen molar-refractivity contribution < 1.29 is 13.2 Å². The van der Waals surface area contributed by atoms with Gasteiger partial charge >= 0.3 is 0 Å². The van der Waals surface area contributed by atoms with E-state index in [1.54, 1.807) is 25.3 Å². The predicted octanol–water partition coefficient (Wildman–Crippen LogP) is 3.42. The Hall–Kier alpha value is -1.37. The lowest BCUT2D eigenvalue weighted by Gasteiger charge is -2.15. The van der Waals surface area contributed by atoms with Crippen LogP contribution in [-0.2, 0) is 16.4 Å². The smallest absolute Gasteiger partial charge is 0.241 e. The van der Waals surface area contributed by atoms with Crippen molar-refractivity contribution in [1.82, 2.24) is 4.72 Å². The first kappa shape index (κ1) is 15.5. The number of methoxy groups -OCH3 is 1. The van der Waals surface area contributed by atoms with Gasteiger partial charge < -0.3 is 4.74 Å². The number of hydrogen-bond donors (Lipinski definition) is 1. The summed E-state index contributed by atoms with van der Waals surface area (Å²) in [5.74, 6) is 0.602. The topological polar surface area (TPSA) is 55.4 Å². The summed E-state index contributed by atoms with van der Waals surface area (Å²) in [6, 6.07) is 12.5. The average Bonchev–Trinajstić information content (AvgIpc) is 2.90. The van der Waals surface area contributed by atoms with Gasteiger partial charge in [0.25, 0.3) is 0 Å². The van der Waals surface area contributed by atoms with E-state index < -0.39 is 10.0 Å². The van der Waals surface area contributed by atoms with Crippen LogP contribution in [0.3, 0.4) is 0 Å². The number of sulfonamides is 1. The molecule has 0 spiro atoms. The first-order chi connectivity index (χ1) is 10.5. The molecule has 0 bridgehead atoms. The van der Waals surface area contributed by atoms with Crippen LogP contribution in [0.25, 0.3) is 0 Å². The Balaban J connectivity index is 1.87. The fraction of sp³-hybridized carbons (Fsp3) is 0.250. The summed E-state index contributed by atoms with van der Waals surface area (Å²) in [5, 5.41) is 0. The molecule has 0 fully saturated rings. The van der Waals surface area contributed by atoms with Crippen molar-refractivity contribution in [3.63, 3.8) is 0 Å². The van der Waals surface area contributed by atoms with Gasteiger partial charge in [-0.05, 0) is 58.1 Å². The molecule has 22 heavy (non-hydrogen) atoms. The van der Waals surface area contributed by atoms with E-state index in [1.165, 1.54) is 5.56 Å². The third kappa shape index (κ3) is 2.91. The average molecular weight is 382 g/mol. The van der Waals surface area contributed by atoms with Crippen LogP contribution < -0.4 is 9.46 Å². The highest BCUT2D eigenvalue weighted by Crippen LogP contribution is 2.33. The number of aryl methyl sites for hydroxylation is 1. The molecule has 0 saturated heterocycles. The highest BCUT2D eigenvalue weighted by Gasteiger charge is 2.27. The summed E-state index contributed by atoms with van der Waals surface area (Å²) < 4.78 is 33.7. The molecule has 3 rings (SSSR count). The second-order valence-corrected chi connectivity index (χ2v) is 7.78. The minimum atomic E-state index is -3.57. The van der Waals surface area contributed by atoms with E-state index in [1.807, 2.05) is 24.3 Å². The van der Waals surface area contributed by atoms with E-state index in [0.717, 1.165) is 18.4 Å². The van der Waals surface area contributed by atoms with Gasteiger partial charge in [0, 0.05) is 6.04 Å². The number of nitrogens with one attached hydrogen (secondary N) is 1. The SMILES string of the molecule is COc1ccc(S(=O)(=O)N[C@@H]2CCc3ccccc32)cc1Br. The van der Waals surface area contributed by atoms with E-state index in [0.29, 0.717) is 10.2 Å². The molecule has 1 aliphatic carbocycles. The standard InChI is InChI=1S/C16H16BrNO3S/c1-21-16-9-7-12(10-14(16)17)22(19,20)18-15-8-6-11-4-2-3-5-13(11)15/h2-5,7,9-10,15,18H,6,8H2,1H3/t15-/m1/s1. The van der Waals surface area contributed by atoms with Crippen molar-refractivity contribution in [3.05, 3.63) is 58.1 Å². The van der Waals surface area contributed by atoms with Crippen molar-refractivity contribution in [3.8, 4) is 5.75 Å². The van der Waals surface area contributed by atoms with Crippen molar-refractivity contribution >= 4 is 26.0 Å². The lowest BCUT2D eigenvalue weighted by molar-refractivity contribution is 0.411. The van der Waals surface area contributed by atoms with Crippen LogP contribution in [0.1, 0.15) is 23.6 Å². The molecule has 0 amide bonds. The Labute approximate surface area is 138 Å². The molecule has 116 valence electrons. The lowest BCUT2D eigenvalue weighted by Crippen LogP contribution is -2.27. The zero-order chi connectivity index (χ0) is 15.7. The third-order valence-corrected chi connectivity index (χ3v) is 5.95. The molecule has 0 aromatic heterocycles. The molecule has 0 aliphatic heterocycles. The molecule has 0 saturated carbocycles. The molecular formula is C16H16BrNO3S. The molecule has 4 nitrogen and oxygen atoms in total. The molecule has 0 unspecified atom stereocenters. The number of benzene rings is 2. The van der Waals surface area contributed by atoms with Gasteiger partial charge in [0.05, 0.1) is 16.5 Å². The first-order valence-electron chi connectivity index (χ1n) is 6.95. The molecular weight excluding hydrogens is 366 g/mol. The van der Waals surface area contributed by atoms with Crippen LogP contribution in [0.2, 0.25) is 0 Å². The summed E-state index contributed by atoms with van der Waals surface area (Å²) >= 11 is 3.32. The molecule has 6 heteroatoms. The summed E-state index contributed by atoms with van der Waals surface area (Å²) in [4.78, 5) is 0.226. The van der Waals surface area contributed by atoms with Crippen LogP contribution in [0.4, 0.5) is 0 Å². The Morgan fingerprint density at radius 2 is 2.00 bits per heavy atom. The van der Waals surface area contributed by atoms with Gasteiger partial charge in [-0.15, -0.1) is 0 Å². The Morgan fingerprint density at radius 1 is 1.23 bits per heavy atom. The Morgan fingerprint density at radius 3 is 2.73 bits per heavy atom. The maximum atomic E-state index is 12.6. The lowest BCUT2D eigenvalue weighted by atomic mass is 10.1. The van der Waals surface area contributed by atoms with E-state index >= 15 is 0 Å². The zero-order valence-corrected chi connectivity index (χ0v) is 14.4. The second kappa shape index (κ2) is 6.02. The molecule has 2 aromatic rings. The number of rotatable bonds is 4. The molecule has 1 atom stereocenters. The van der Waals surface area contributed by atoms with Crippen LogP contribution in [0, 0.1) is 0 Å². The summed E-state index contributed by atoms with van der Waals surface area (Å²) in [6.45, 7) is 0. The minimum absolute atomic E-state index is 0.165. The van der Waals surface area contributed by atoms with Gasteiger partial charge in [-0.25, -0.2) is 13.1 Å². The van der Waals surface area contributed by atoms with E-state index in [-0.39, 0.29) is 10.9 Å². The first-order valence-corrected chi connectivity index (χ1v) is 9.22. The van der Waals surface area contributed by atoms with Gasteiger partial charge in [0.15, 0.2) is 0 Å². The van der Waals surface area contributed by atoms with Crippen LogP contribution >= 0.6 is 15.9 Å². The Bertz CT molecular complexity index is 805. The van der Waals surface area contributed by atoms with E-state index in [9.17, 15) is 8.42 Å². The van der Waals surface area contributed by atoms with E-state index in [4.69, 9.17) is 4.74 Å². The summed E-state index contributed by atoms with van der Waals surface area (Å²) in [6.07, 6.45) is 1.69. The fourth-order valence-electron chi connectivity index (χ4n) is 2.75. The minimum Gasteiger partial charge on any atom is -0.496 e. The molecule has 2 aromatic carbocycles. The van der Waals surface area contributed by atoms with Crippen LogP contribution in [0.15, 0.2) is 51.8 Å². The maximum Gasteiger partial charge on any atom is 0.241 e. The predicted molar refractivity (Wildman–Crippen MR) is 88.5 cm³/mol. The van der Waals surface area contributed by atoms with Crippen LogP contribution in [0.5, 0.6) is 5.75 Å². The molecule has 0 heterocycles. The van der Waals surface area contributed by atoms with Gasteiger partial charge in [0.1, 0.15) is 5.75 Å². The van der Waals surface area contributed by atoms with E-state index in [2.05, 4.69) is 20.7 Å². The van der Waals surface area contributed by atoms with Gasteiger partial charge in [0.2, 0.25) is 10.0 Å². The zero-order valence-electron chi connectivity index (χ0n) is 12.0. The highest BCUT2D eigenvalue weighted by molar-refractivity contribution is 9.10. The van der Waals surface area contributed by atoms with Crippen molar-refractivity contribution in [2.24, 2.45) is 0 Å². The van der Waals surface area contributed by atoms with Crippen molar-refractivity contribution in [1.29, 1.82) is 0 Å². The van der Waals surface area contributed by atoms with Crippen LogP contribution in [-0.4, -0.2) is 15.5 Å². The van der Waals surface area contributed by atoms with Gasteiger partial charge in [-0.3, -0.25) is 0 Å². The van der Waals surface area contributed by atoms with Crippen molar-refractivity contribution in [2.45, 2.75) is 23.8 Å². The normalized spacial score (nSPS) is 17.3. The Kier molecular flexibility index (Phi) is 4.25.